The van der Waals surface area contributed by atoms with Gasteiger partial charge in [0.25, 0.3) is 5.91 Å². The lowest BCUT2D eigenvalue weighted by molar-refractivity contribution is -0.166. The highest BCUT2D eigenvalue weighted by molar-refractivity contribution is 6.25. The van der Waals surface area contributed by atoms with Crippen molar-refractivity contribution in [3.63, 3.8) is 0 Å². The number of fused-ring (bicyclic) bond motifs is 3. The van der Waals surface area contributed by atoms with Gasteiger partial charge in [0.05, 0.1) is 29.2 Å². The zero-order valence-electron chi connectivity index (χ0n) is 20.5. The van der Waals surface area contributed by atoms with Crippen molar-refractivity contribution in [2.75, 3.05) is 14.1 Å². The summed E-state index contributed by atoms with van der Waals surface area (Å²) in [6.45, 7) is 0. The summed E-state index contributed by atoms with van der Waals surface area (Å²) in [5.74, 6) is -8.78. The van der Waals surface area contributed by atoms with Crippen LogP contribution >= 0.6 is 0 Å². The van der Waals surface area contributed by atoms with Crippen LogP contribution in [-0.4, -0.2) is 79.7 Å². The fraction of sp³-hybridized carbons (Fsp3) is 0.250. The van der Waals surface area contributed by atoms with Gasteiger partial charge in [-0.2, -0.15) is 0 Å². The lowest BCUT2D eigenvalue weighted by atomic mass is 9.55. The molecule has 5 rings (SSSR count). The van der Waals surface area contributed by atoms with Gasteiger partial charge in [0.1, 0.15) is 22.8 Å². The van der Waals surface area contributed by atoms with Gasteiger partial charge in [-0.25, -0.2) is 0 Å². The number of aliphatic hydroxyl groups is 4. The second-order valence-electron chi connectivity index (χ2n) is 9.92. The van der Waals surface area contributed by atoms with Crippen LogP contribution in [0, 0.1) is 11.8 Å². The second kappa shape index (κ2) is 8.66. The number of nitrogens with zero attached hydrogens (tertiary/aromatic N) is 1. The number of amides is 1. The molecule has 1 saturated carbocycles. The Morgan fingerprint density at radius 3 is 2.29 bits per heavy atom. The first-order chi connectivity index (χ1) is 17.9. The van der Waals surface area contributed by atoms with Crippen molar-refractivity contribution in [2.45, 2.75) is 17.7 Å². The summed E-state index contributed by atoms with van der Waals surface area (Å²) in [7, 11) is 2.91. The van der Waals surface area contributed by atoms with Gasteiger partial charge in [-0.05, 0) is 36.9 Å². The normalized spacial score (nSPS) is 29.9. The minimum atomic E-state index is -2.97. The third kappa shape index (κ3) is 3.27. The van der Waals surface area contributed by atoms with Crippen molar-refractivity contribution in [2.24, 2.45) is 17.6 Å². The molecule has 10 nitrogen and oxygen atoms in total. The molecule has 3 aliphatic rings. The zero-order valence-corrected chi connectivity index (χ0v) is 20.5. The number of primary amides is 1. The molecule has 0 aromatic heterocycles. The minimum absolute atomic E-state index is 0.0989. The Labute approximate surface area is 217 Å². The Bertz CT molecular complexity index is 1490. The summed E-state index contributed by atoms with van der Waals surface area (Å²) in [5, 5.41) is 56.5. The molecule has 2 aromatic carbocycles. The molecular formula is C28H26N2O8. The van der Waals surface area contributed by atoms with E-state index in [4.69, 9.17) is 5.73 Å². The molecule has 196 valence electrons. The standard InChI is InChI=1S/C28H26N2O8/c1-30(2)21-20-23(33)17-14(11-12-7-4-3-5-8-12)13-9-6-10-15(31)16(13)22(32)18(17)25(35)28(20,38)26(36)19(24(21)34)27(29)37/h3-11,17,20-21,23,31-33,36,38H,1-2H3,(H2,29,37)/b14-11+/t17-,20-,21-,23-,28+/m1/s1. The number of carbonyl (C=O) groups is 3. The van der Waals surface area contributed by atoms with Crippen LogP contribution in [0.1, 0.15) is 16.7 Å². The van der Waals surface area contributed by atoms with E-state index in [1.54, 1.807) is 48.5 Å². The summed E-state index contributed by atoms with van der Waals surface area (Å²) >= 11 is 0. The molecule has 2 aromatic rings. The fourth-order valence-electron chi connectivity index (χ4n) is 6.04. The Kier molecular flexibility index (Phi) is 5.79. The number of phenolic OH excluding ortho intramolecular Hbond substituents is 1. The molecule has 0 spiro atoms. The van der Waals surface area contributed by atoms with E-state index in [0.29, 0.717) is 16.7 Å². The number of rotatable bonds is 3. The molecule has 10 heteroatoms. The topological polar surface area (TPSA) is 182 Å². The molecule has 5 atom stereocenters. The monoisotopic (exact) mass is 518 g/mol. The van der Waals surface area contributed by atoms with Crippen LogP contribution in [-0.2, 0) is 14.4 Å². The molecule has 0 bridgehead atoms. The number of hydrogen-bond acceptors (Lipinski definition) is 9. The van der Waals surface area contributed by atoms with Gasteiger partial charge < -0.3 is 31.3 Å². The maximum atomic E-state index is 14.1. The molecule has 0 saturated heterocycles. The summed E-state index contributed by atoms with van der Waals surface area (Å²) in [6.07, 6.45) is -0.0379. The van der Waals surface area contributed by atoms with E-state index in [1.807, 2.05) is 0 Å². The van der Waals surface area contributed by atoms with E-state index in [1.165, 1.54) is 25.1 Å². The Morgan fingerprint density at radius 1 is 1.03 bits per heavy atom. The van der Waals surface area contributed by atoms with Crippen molar-refractivity contribution in [1.29, 1.82) is 0 Å². The first-order valence-electron chi connectivity index (χ1n) is 11.8. The van der Waals surface area contributed by atoms with E-state index in [2.05, 4.69) is 0 Å². The summed E-state index contributed by atoms with van der Waals surface area (Å²) in [4.78, 5) is 40.8. The van der Waals surface area contributed by atoms with Crippen molar-refractivity contribution in [3.8, 4) is 5.75 Å². The summed E-state index contributed by atoms with van der Waals surface area (Å²) < 4.78 is 0. The second-order valence-corrected chi connectivity index (χ2v) is 9.92. The largest absolute Gasteiger partial charge is 0.508 e. The van der Waals surface area contributed by atoms with Crippen molar-refractivity contribution < 1.29 is 39.9 Å². The highest BCUT2D eigenvalue weighted by Crippen LogP contribution is 2.56. The third-order valence-corrected chi connectivity index (χ3v) is 7.65. The van der Waals surface area contributed by atoms with E-state index in [0.717, 1.165) is 0 Å². The number of aliphatic hydroxyl groups excluding tert-OH is 3. The number of likely N-dealkylation sites (N-methyl/N-ethyl adjacent to an activating group) is 1. The van der Waals surface area contributed by atoms with E-state index in [9.17, 15) is 39.9 Å². The van der Waals surface area contributed by atoms with Gasteiger partial charge in [0.15, 0.2) is 11.4 Å². The summed E-state index contributed by atoms with van der Waals surface area (Å²) in [6, 6.07) is 12.0. The number of nitrogens with two attached hydrogens (primary N) is 1. The van der Waals surface area contributed by atoms with Crippen LogP contribution in [0.4, 0.5) is 0 Å². The van der Waals surface area contributed by atoms with Crippen LogP contribution in [0.2, 0.25) is 0 Å². The zero-order chi connectivity index (χ0) is 27.7. The van der Waals surface area contributed by atoms with Gasteiger partial charge in [-0.15, -0.1) is 0 Å². The molecule has 0 unspecified atom stereocenters. The van der Waals surface area contributed by atoms with Crippen LogP contribution in [0.15, 0.2) is 65.4 Å². The van der Waals surface area contributed by atoms with Crippen LogP contribution < -0.4 is 5.73 Å². The lowest BCUT2D eigenvalue weighted by Gasteiger charge is -2.53. The highest BCUT2D eigenvalue weighted by atomic mass is 16.4. The molecule has 0 heterocycles. The molecule has 1 amide bonds. The smallest absolute Gasteiger partial charge is 0.255 e. The number of hydrogen-bond donors (Lipinski definition) is 6. The van der Waals surface area contributed by atoms with Gasteiger partial charge >= 0.3 is 0 Å². The first kappa shape index (κ1) is 25.4. The highest BCUT2D eigenvalue weighted by Gasteiger charge is 2.68. The number of ketones is 2. The predicted molar refractivity (Wildman–Crippen MR) is 136 cm³/mol. The first-order valence-corrected chi connectivity index (χ1v) is 11.8. The van der Waals surface area contributed by atoms with E-state index >= 15 is 0 Å². The molecule has 1 fully saturated rings. The maximum absolute atomic E-state index is 14.1. The van der Waals surface area contributed by atoms with Crippen LogP contribution in [0.25, 0.3) is 17.4 Å². The SMILES string of the molecule is CN(C)[C@H]1C(=O)C(C(N)=O)=C(O)[C@@]2(O)C(=O)C3=C(O)c4c(O)cccc4/C(=C\c4ccccc4)[C@H]3[C@@H](O)[C@@H]12. The van der Waals surface area contributed by atoms with Crippen LogP contribution in [0.3, 0.4) is 0 Å². The van der Waals surface area contributed by atoms with Crippen molar-refractivity contribution in [1.82, 2.24) is 4.90 Å². The molecule has 0 radical (unpaired) electrons. The lowest BCUT2D eigenvalue weighted by Crippen LogP contribution is -2.70. The average Bonchev–Trinajstić information content (AvgIpc) is 2.86. The molecular weight excluding hydrogens is 492 g/mol. The third-order valence-electron chi connectivity index (χ3n) is 7.65. The van der Waals surface area contributed by atoms with Gasteiger partial charge in [-0.1, -0.05) is 48.5 Å². The molecule has 3 aliphatic carbocycles. The van der Waals surface area contributed by atoms with E-state index < -0.39 is 69.7 Å². The number of phenols is 1. The number of carbonyl (C=O) groups excluding carboxylic acids is 3. The van der Waals surface area contributed by atoms with Gasteiger partial charge in [-0.3, -0.25) is 19.3 Å². The van der Waals surface area contributed by atoms with Gasteiger partial charge in [0.2, 0.25) is 5.78 Å². The van der Waals surface area contributed by atoms with Crippen molar-refractivity contribution in [3.05, 3.63) is 82.1 Å². The quantitative estimate of drug-likeness (QED) is 0.322. The Balaban J connectivity index is 1.86. The predicted octanol–water partition coefficient (Wildman–Crippen LogP) is 0.933. The van der Waals surface area contributed by atoms with E-state index in [-0.39, 0.29) is 11.3 Å². The Hall–Kier alpha value is -4.25. The number of Topliss-reactive ketones (excluding diaryl/α,β-unsaturated/α-hetero) is 2. The molecule has 0 aliphatic heterocycles. The minimum Gasteiger partial charge on any atom is -0.508 e. The Morgan fingerprint density at radius 2 is 1.68 bits per heavy atom. The average molecular weight is 519 g/mol. The summed E-state index contributed by atoms with van der Waals surface area (Å²) in [5.41, 5.74) is 2.19. The van der Waals surface area contributed by atoms with Crippen LogP contribution in [0.5, 0.6) is 5.75 Å². The molecule has 7 N–H and O–H groups in total. The van der Waals surface area contributed by atoms with Gasteiger partial charge in [0, 0.05) is 5.92 Å². The maximum Gasteiger partial charge on any atom is 0.255 e. The van der Waals surface area contributed by atoms with Crippen molar-refractivity contribution >= 4 is 34.9 Å². The number of aromatic hydroxyl groups is 1. The fourth-order valence-corrected chi connectivity index (χ4v) is 6.04. The molecule has 38 heavy (non-hydrogen) atoms. The number of benzene rings is 2.